The van der Waals surface area contributed by atoms with Crippen molar-refractivity contribution in [3.8, 4) is 0 Å². The van der Waals surface area contributed by atoms with Crippen LogP contribution in [0, 0.1) is 6.92 Å². The summed E-state index contributed by atoms with van der Waals surface area (Å²) in [4.78, 5) is 12.0. The molecule has 1 aromatic rings. The van der Waals surface area contributed by atoms with E-state index in [2.05, 4.69) is 21.2 Å². The molecule has 1 amide bonds. The molecule has 0 radical (unpaired) electrons. The lowest BCUT2D eigenvalue weighted by atomic mass is 10.1. The van der Waals surface area contributed by atoms with E-state index in [0.717, 1.165) is 11.8 Å². The third kappa shape index (κ3) is 3.11. The highest BCUT2D eigenvalue weighted by Crippen LogP contribution is 2.25. The molecular formula is C12H16BrNO3S. The van der Waals surface area contributed by atoms with Gasteiger partial charge in [-0.1, -0.05) is 6.07 Å². The van der Waals surface area contributed by atoms with Gasteiger partial charge in [-0.3, -0.25) is 4.79 Å². The predicted molar refractivity (Wildman–Crippen MR) is 76.4 cm³/mol. The quantitative estimate of drug-likeness (QED) is 0.924. The average molecular weight is 334 g/mol. The van der Waals surface area contributed by atoms with Gasteiger partial charge in [0.1, 0.15) is 4.75 Å². The third-order valence-electron chi connectivity index (χ3n) is 2.84. The third-order valence-corrected chi connectivity index (χ3v) is 5.57. The van der Waals surface area contributed by atoms with Crippen molar-refractivity contribution in [2.75, 3.05) is 11.6 Å². The Morgan fingerprint density at radius 3 is 2.39 bits per heavy atom. The van der Waals surface area contributed by atoms with Crippen molar-refractivity contribution in [1.82, 2.24) is 0 Å². The van der Waals surface area contributed by atoms with E-state index in [9.17, 15) is 13.2 Å². The normalized spacial score (nSPS) is 12.3. The SMILES string of the molecule is Cc1ccc(Br)c(NC(=O)C(C)(C)S(C)(=O)=O)c1. The second kappa shape index (κ2) is 5.01. The number of amides is 1. The number of sulfone groups is 1. The topological polar surface area (TPSA) is 63.2 Å². The lowest BCUT2D eigenvalue weighted by molar-refractivity contribution is -0.117. The second-order valence-electron chi connectivity index (χ2n) is 4.72. The molecule has 4 nitrogen and oxygen atoms in total. The van der Waals surface area contributed by atoms with Crippen LogP contribution in [0.4, 0.5) is 5.69 Å². The van der Waals surface area contributed by atoms with Gasteiger partial charge in [0.15, 0.2) is 9.84 Å². The highest BCUT2D eigenvalue weighted by molar-refractivity contribution is 9.10. The van der Waals surface area contributed by atoms with Crippen molar-refractivity contribution in [2.45, 2.75) is 25.5 Å². The summed E-state index contributed by atoms with van der Waals surface area (Å²) >= 11 is 3.31. The van der Waals surface area contributed by atoms with E-state index in [1.165, 1.54) is 13.8 Å². The first-order chi connectivity index (χ1) is 8.05. The van der Waals surface area contributed by atoms with E-state index in [0.29, 0.717) is 10.2 Å². The van der Waals surface area contributed by atoms with Gasteiger partial charge in [0, 0.05) is 10.7 Å². The van der Waals surface area contributed by atoms with Gasteiger partial charge >= 0.3 is 0 Å². The monoisotopic (exact) mass is 333 g/mol. The minimum atomic E-state index is -3.47. The molecule has 0 bridgehead atoms. The summed E-state index contributed by atoms with van der Waals surface area (Å²) in [7, 11) is -3.47. The summed E-state index contributed by atoms with van der Waals surface area (Å²) in [6, 6.07) is 5.47. The number of nitrogens with one attached hydrogen (secondary N) is 1. The molecule has 0 heterocycles. The van der Waals surface area contributed by atoms with Crippen LogP contribution in [0.2, 0.25) is 0 Å². The molecule has 1 rings (SSSR count). The van der Waals surface area contributed by atoms with E-state index >= 15 is 0 Å². The number of halogens is 1. The summed E-state index contributed by atoms with van der Waals surface area (Å²) in [5, 5.41) is 2.63. The maximum absolute atomic E-state index is 12.0. The number of benzene rings is 1. The minimum absolute atomic E-state index is 0.545. The van der Waals surface area contributed by atoms with Gasteiger partial charge in [0.05, 0.1) is 5.69 Å². The largest absolute Gasteiger partial charge is 0.324 e. The van der Waals surface area contributed by atoms with Crippen LogP contribution in [0.3, 0.4) is 0 Å². The first-order valence-corrected chi connectivity index (χ1v) is 8.01. The lowest BCUT2D eigenvalue weighted by Crippen LogP contribution is -2.43. The minimum Gasteiger partial charge on any atom is -0.324 e. The molecule has 1 aromatic carbocycles. The smallest absolute Gasteiger partial charge is 0.245 e. The number of hydrogen-bond acceptors (Lipinski definition) is 3. The Balaban J connectivity index is 3.06. The van der Waals surface area contributed by atoms with Gasteiger partial charge < -0.3 is 5.32 Å². The molecule has 0 aliphatic rings. The number of rotatable bonds is 3. The van der Waals surface area contributed by atoms with Crippen molar-refractivity contribution in [3.05, 3.63) is 28.2 Å². The van der Waals surface area contributed by atoms with Crippen molar-refractivity contribution in [1.29, 1.82) is 0 Å². The number of hydrogen-bond donors (Lipinski definition) is 1. The number of aryl methyl sites for hydroxylation is 1. The standard InChI is InChI=1S/C12H16BrNO3S/c1-8-5-6-9(13)10(7-8)14-11(15)12(2,3)18(4,16)17/h5-7H,1-4H3,(H,14,15). The maximum atomic E-state index is 12.0. The van der Waals surface area contributed by atoms with Crippen LogP contribution in [-0.4, -0.2) is 25.3 Å². The summed E-state index contributed by atoms with van der Waals surface area (Å²) in [5.41, 5.74) is 1.54. The van der Waals surface area contributed by atoms with Crippen LogP contribution < -0.4 is 5.32 Å². The highest BCUT2D eigenvalue weighted by atomic mass is 79.9. The molecule has 0 saturated carbocycles. The molecule has 6 heteroatoms. The van der Waals surface area contributed by atoms with E-state index < -0.39 is 20.5 Å². The Labute approximate surface area is 116 Å². The maximum Gasteiger partial charge on any atom is 0.245 e. The number of carbonyl (C=O) groups is 1. The van der Waals surface area contributed by atoms with E-state index in [1.807, 2.05) is 13.0 Å². The summed E-state index contributed by atoms with van der Waals surface area (Å²) < 4.78 is 22.4. The van der Waals surface area contributed by atoms with E-state index in [-0.39, 0.29) is 0 Å². The predicted octanol–water partition coefficient (Wildman–Crippen LogP) is 2.52. The molecule has 0 aliphatic carbocycles. The Bertz CT molecular complexity index is 579. The molecule has 1 N–H and O–H groups in total. The molecule has 0 fully saturated rings. The molecule has 0 saturated heterocycles. The van der Waals surface area contributed by atoms with Gasteiger partial charge in [-0.15, -0.1) is 0 Å². The molecule has 0 atom stereocenters. The molecule has 0 unspecified atom stereocenters. The van der Waals surface area contributed by atoms with Gasteiger partial charge in [-0.25, -0.2) is 8.42 Å². The molecular weight excluding hydrogens is 318 g/mol. The van der Waals surface area contributed by atoms with Crippen LogP contribution in [0.1, 0.15) is 19.4 Å². The Morgan fingerprint density at radius 1 is 1.33 bits per heavy atom. The first-order valence-electron chi connectivity index (χ1n) is 5.33. The van der Waals surface area contributed by atoms with Gasteiger partial charge in [-0.05, 0) is 54.4 Å². The van der Waals surface area contributed by atoms with Gasteiger partial charge in [0.2, 0.25) is 5.91 Å². The van der Waals surface area contributed by atoms with Crippen molar-refractivity contribution >= 4 is 37.4 Å². The van der Waals surface area contributed by atoms with Gasteiger partial charge in [0.25, 0.3) is 0 Å². The zero-order chi connectivity index (χ0) is 14.1. The Hall–Kier alpha value is -0.880. The fourth-order valence-corrected chi connectivity index (χ4v) is 1.91. The molecule has 0 spiro atoms. The Morgan fingerprint density at radius 2 is 1.89 bits per heavy atom. The van der Waals surface area contributed by atoms with E-state index in [1.54, 1.807) is 12.1 Å². The molecule has 0 aromatic heterocycles. The fourth-order valence-electron chi connectivity index (χ4n) is 1.18. The second-order valence-corrected chi connectivity index (χ2v) is 8.14. The van der Waals surface area contributed by atoms with Gasteiger partial charge in [-0.2, -0.15) is 0 Å². The van der Waals surface area contributed by atoms with E-state index in [4.69, 9.17) is 0 Å². The van der Waals surface area contributed by atoms with Crippen molar-refractivity contribution in [2.24, 2.45) is 0 Å². The van der Waals surface area contributed by atoms with Crippen LogP contribution in [0.25, 0.3) is 0 Å². The average Bonchev–Trinajstić information content (AvgIpc) is 2.21. The lowest BCUT2D eigenvalue weighted by Gasteiger charge is -2.22. The van der Waals surface area contributed by atoms with Crippen LogP contribution in [-0.2, 0) is 14.6 Å². The van der Waals surface area contributed by atoms with Crippen LogP contribution in [0.15, 0.2) is 22.7 Å². The highest BCUT2D eigenvalue weighted by Gasteiger charge is 2.38. The first kappa shape index (κ1) is 15.2. The number of carbonyl (C=O) groups excluding carboxylic acids is 1. The number of anilines is 1. The van der Waals surface area contributed by atoms with Crippen LogP contribution in [0.5, 0.6) is 0 Å². The molecule has 18 heavy (non-hydrogen) atoms. The summed E-state index contributed by atoms with van der Waals surface area (Å²) in [6.45, 7) is 4.67. The summed E-state index contributed by atoms with van der Waals surface area (Å²) in [6.07, 6.45) is 1.05. The summed E-state index contributed by atoms with van der Waals surface area (Å²) in [5.74, 6) is -0.545. The zero-order valence-electron chi connectivity index (χ0n) is 10.7. The zero-order valence-corrected chi connectivity index (χ0v) is 13.1. The molecule has 0 aliphatic heterocycles. The fraction of sp³-hybridized carbons (Fsp3) is 0.417. The molecule has 100 valence electrons. The van der Waals surface area contributed by atoms with Crippen molar-refractivity contribution < 1.29 is 13.2 Å². The Kier molecular flexibility index (Phi) is 4.23. The van der Waals surface area contributed by atoms with Crippen LogP contribution >= 0.6 is 15.9 Å². The van der Waals surface area contributed by atoms with Crippen molar-refractivity contribution in [3.63, 3.8) is 0 Å².